The third kappa shape index (κ3) is 3.32. The maximum Gasteiger partial charge on any atom is 0.263 e. The number of aryl methyl sites for hydroxylation is 1. The lowest BCUT2D eigenvalue weighted by Gasteiger charge is -2.12. The summed E-state index contributed by atoms with van der Waals surface area (Å²) in [5.74, 6) is -0.651. The largest absolute Gasteiger partial charge is 0.326 e. The SMILES string of the molecule is Cc1csc(CN)c1S(=O)(=O)Nc1c(Cl)cc(F)cc1Cl. The van der Waals surface area contributed by atoms with Crippen LogP contribution < -0.4 is 10.5 Å². The molecule has 4 nitrogen and oxygen atoms in total. The van der Waals surface area contributed by atoms with Crippen LogP contribution in [0.25, 0.3) is 0 Å². The number of anilines is 1. The van der Waals surface area contributed by atoms with Crippen molar-refractivity contribution in [1.82, 2.24) is 0 Å². The minimum Gasteiger partial charge on any atom is -0.326 e. The second-order valence-electron chi connectivity index (χ2n) is 4.23. The fourth-order valence-electron chi connectivity index (χ4n) is 1.81. The highest BCUT2D eigenvalue weighted by Gasteiger charge is 2.24. The van der Waals surface area contributed by atoms with Crippen LogP contribution in [0.15, 0.2) is 22.4 Å². The number of nitrogens with one attached hydrogen (secondary N) is 1. The second-order valence-corrected chi connectivity index (χ2v) is 7.62. The summed E-state index contributed by atoms with van der Waals surface area (Å²) in [6.45, 7) is 1.76. The number of hydrogen-bond donors (Lipinski definition) is 2. The molecule has 9 heteroatoms. The highest BCUT2D eigenvalue weighted by molar-refractivity contribution is 7.93. The smallest absolute Gasteiger partial charge is 0.263 e. The van der Waals surface area contributed by atoms with E-state index in [4.69, 9.17) is 28.9 Å². The zero-order valence-electron chi connectivity index (χ0n) is 10.8. The molecule has 3 N–H and O–H groups in total. The van der Waals surface area contributed by atoms with Crippen molar-refractivity contribution in [2.24, 2.45) is 5.73 Å². The van der Waals surface area contributed by atoms with E-state index in [0.29, 0.717) is 10.4 Å². The lowest BCUT2D eigenvalue weighted by Crippen LogP contribution is -2.16. The van der Waals surface area contributed by atoms with Crippen molar-refractivity contribution in [3.05, 3.63) is 43.8 Å². The molecule has 0 fully saturated rings. The van der Waals surface area contributed by atoms with Crippen molar-refractivity contribution in [2.45, 2.75) is 18.4 Å². The van der Waals surface area contributed by atoms with E-state index in [0.717, 1.165) is 12.1 Å². The molecule has 0 atom stereocenters. The van der Waals surface area contributed by atoms with Gasteiger partial charge in [-0.3, -0.25) is 4.72 Å². The number of benzene rings is 1. The van der Waals surface area contributed by atoms with Gasteiger partial charge < -0.3 is 5.73 Å². The van der Waals surface area contributed by atoms with Crippen LogP contribution in [0.1, 0.15) is 10.4 Å². The van der Waals surface area contributed by atoms with Crippen molar-refractivity contribution in [2.75, 3.05) is 4.72 Å². The van der Waals surface area contributed by atoms with Gasteiger partial charge in [0.05, 0.1) is 15.7 Å². The van der Waals surface area contributed by atoms with Gasteiger partial charge in [-0.2, -0.15) is 0 Å². The molecule has 0 bridgehead atoms. The molecule has 0 saturated heterocycles. The second kappa shape index (κ2) is 6.10. The molecule has 0 aliphatic heterocycles. The number of halogens is 3. The molecule has 0 aliphatic carbocycles. The van der Waals surface area contributed by atoms with Crippen LogP contribution >= 0.6 is 34.5 Å². The summed E-state index contributed by atoms with van der Waals surface area (Å²) in [5, 5.41) is 1.46. The molecule has 114 valence electrons. The van der Waals surface area contributed by atoms with Gasteiger partial charge in [0.1, 0.15) is 10.7 Å². The Morgan fingerprint density at radius 3 is 2.43 bits per heavy atom. The van der Waals surface area contributed by atoms with E-state index in [1.54, 1.807) is 12.3 Å². The van der Waals surface area contributed by atoms with E-state index >= 15 is 0 Å². The molecule has 0 radical (unpaired) electrons. The monoisotopic (exact) mass is 368 g/mol. The van der Waals surface area contributed by atoms with Crippen LogP contribution in [0.4, 0.5) is 10.1 Å². The summed E-state index contributed by atoms with van der Waals surface area (Å²) in [6.07, 6.45) is 0. The van der Waals surface area contributed by atoms with Gasteiger partial charge in [-0.25, -0.2) is 12.8 Å². The van der Waals surface area contributed by atoms with Crippen LogP contribution in [-0.4, -0.2) is 8.42 Å². The Morgan fingerprint density at radius 2 is 1.90 bits per heavy atom. The summed E-state index contributed by atoms with van der Waals surface area (Å²) in [4.78, 5) is 0.626. The molecule has 2 rings (SSSR count). The first-order chi connectivity index (χ1) is 9.76. The number of nitrogens with two attached hydrogens (primary N) is 1. The van der Waals surface area contributed by atoms with E-state index in [1.165, 1.54) is 11.3 Å². The van der Waals surface area contributed by atoms with Crippen molar-refractivity contribution in [3.63, 3.8) is 0 Å². The van der Waals surface area contributed by atoms with Gasteiger partial charge in [-0.05, 0) is 30.0 Å². The third-order valence-electron chi connectivity index (χ3n) is 2.69. The van der Waals surface area contributed by atoms with Crippen molar-refractivity contribution in [1.29, 1.82) is 0 Å². The van der Waals surface area contributed by atoms with Crippen molar-refractivity contribution in [3.8, 4) is 0 Å². The van der Waals surface area contributed by atoms with Crippen LogP contribution in [0.2, 0.25) is 10.0 Å². The van der Waals surface area contributed by atoms with Crippen molar-refractivity contribution < 1.29 is 12.8 Å². The number of hydrogen-bond acceptors (Lipinski definition) is 4. The number of rotatable bonds is 4. The molecule has 0 saturated carbocycles. The summed E-state index contributed by atoms with van der Waals surface area (Å²) in [6, 6.07) is 1.96. The maximum atomic E-state index is 13.1. The topological polar surface area (TPSA) is 72.2 Å². The molecule has 0 amide bonds. The Kier molecular flexibility index (Phi) is 4.79. The van der Waals surface area contributed by atoms with Gasteiger partial charge in [-0.15, -0.1) is 11.3 Å². The fourth-order valence-corrected chi connectivity index (χ4v) is 5.29. The summed E-state index contributed by atoms with van der Waals surface area (Å²) < 4.78 is 40.4. The van der Waals surface area contributed by atoms with E-state index in [9.17, 15) is 12.8 Å². The highest BCUT2D eigenvalue weighted by atomic mass is 35.5. The molecular weight excluding hydrogens is 358 g/mol. The average molecular weight is 369 g/mol. The predicted octanol–water partition coefficient (Wildman–Crippen LogP) is 3.76. The molecule has 1 aromatic heterocycles. The molecule has 0 spiro atoms. The first kappa shape index (κ1) is 16.5. The Balaban J connectivity index is 2.50. The fraction of sp³-hybridized carbons (Fsp3) is 0.167. The van der Waals surface area contributed by atoms with E-state index < -0.39 is 15.8 Å². The van der Waals surface area contributed by atoms with Gasteiger partial charge in [-0.1, -0.05) is 23.2 Å². The maximum absolute atomic E-state index is 13.1. The Morgan fingerprint density at radius 1 is 1.33 bits per heavy atom. The zero-order chi connectivity index (χ0) is 15.8. The molecule has 0 aliphatic rings. The van der Waals surface area contributed by atoms with Crippen LogP contribution in [0.3, 0.4) is 0 Å². The normalized spacial score (nSPS) is 11.7. The van der Waals surface area contributed by atoms with Gasteiger partial charge in [0.2, 0.25) is 0 Å². The van der Waals surface area contributed by atoms with Crippen LogP contribution in [-0.2, 0) is 16.6 Å². The molecular formula is C12H11Cl2FN2O2S2. The summed E-state index contributed by atoms with van der Waals surface area (Å²) in [5.41, 5.74) is 6.06. The number of sulfonamides is 1. The molecule has 0 unspecified atom stereocenters. The molecule has 1 aromatic carbocycles. The zero-order valence-corrected chi connectivity index (χ0v) is 13.9. The van der Waals surface area contributed by atoms with Crippen LogP contribution in [0.5, 0.6) is 0 Å². The molecule has 21 heavy (non-hydrogen) atoms. The highest BCUT2D eigenvalue weighted by Crippen LogP contribution is 2.35. The van der Waals surface area contributed by atoms with E-state index in [1.807, 2.05) is 0 Å². The van der Waals surface area contributed by atoms with E-state index in [-0.39, 0.29) is 27.2 Å². The predicted molar refractivity (Wildman–Crippen MR) is 84.2 cm³/mol. The lowest BCUT2D eigenvalue weighted by molar-refractivity contribution is 0.600. The number of thiophene rings is 1. The first-order valence-electron chi connectivity index (χ1n) is 5.70. The summed E-state index contributed by atoms with van der Waals surface area (Å²) >= 11 is 12.9. The average Bonchev–Trinajstić information content (AvgIpc) is 2.76. The minimum atomic E-state index is -3.91. The van der Waals surface area contributed by atoms with Gasteiger partial charge in [0.15, 0.2) is 0 Å². The van der Waals surface area contributed by atoms with Crippen molar-refractivity contribution >= 4 is 50.2 Å². The van der Waals surface area contributed by atoms with Gasteiger partial charge >= 0.3 is 0 Å². The van der Waals surface area contributed by atoms with Gasteiger partial charge in [0.25, 0.3) is 10.0 Å². The minimum absolute atomic E-state index is 0.0618. The Bertz CT molecular complexity index is 768. The quantitative estimate of drug-likeness (QED) is 0.862. The summed E-state index contributed by atoms with van der Waals surface area (Å²) in [7, 11) is -3.91. The Hall–Kier alpha value is -0.860. The lowest BCUT2D eigenvalue weighted by atomic mass is 10.3. The molecule has 1 heterocycles. The Labute approximate surface area is 135 Å². The van der Waals surface area contributed by atoms with E-state index in [2.05, 4.69) is 4.72 Å². The molecule has 2 aromatic rings. The van der Waals surface area contributed by atoms with Gasteiger partial charge in [0, 0.05) is 11.4 Å². The van der Waals surface area contributed by atoms with Crippen LogP contribution in [0, 0.1) is 12.7 Å². The third-order valence-corrected chi connectivity index (χ3v) is 6.12. The first-order valence-corrected chi connectivity index (χ1v) is 8.82. The standard InChI is InChI=1S/C12H11Cl2FN2O2S2/c1-6-5-20-10(4-16)12(6)21(18,19)17-11-8(13)2-7(15)3-9(11)14/h2-3,5,17H,4,16H2,1H3.